The minimum absolute atomic E-state index is 0.0650. The van der Waals surface area contributed by atoms with Gasteiger partial charge in [0.1, 0.15) is 0 Å². The topological polar surface area (TPSA) is 69.9 Å². The molecule has 1 aromatic carbocycles. The van der Waals surface area contributed by atoms with E-state index in [1.807, 2.05) is 30.3 Å². The van der Waals surface area contributed by atoms with E-state index in [0.29, 0.717) is 12.4 Å². The fourth-order valence-electron chi connectivity index (χ4n) is 2.20. The lowest BCUT2D eigenvalue weighted by Crippen LogP contribution is -2.07. The predicted octanol–water partition coefficient (Wildman–Crippen LogP) is 2.21. The second kappa shape index (κ2) is 5.32. The average molecular weight is 282 g/mol. The van der Waals surface area contributed by atoms with Crippen molar-refractivity contribution in [1.82, 2.24) is 19.7 Å². The fourth-order valence-corrected chi connectivity index (χ4v) is 2.20. The van der Waals surface area contributed by atoms with E-state index in [1.165, 1.54) is 0 Å². The highest BCUT2D eigenvalue weighted by atomic mass is 16.5. The molecule has 0 fully saturated rings. The number of carbonyl (C=O) groups excluding carboxylic acids is 1. The molecule has 3 rings (SSSR count). The van der Waals surface area contributed by atoms with E-state index in [-0.39, 0.29) is 5.82 Å². The first-order chi connectivity index (χ1) is 10.2. The van der Waals surface area contributed by atoms with Crippen LogP contribution in [-0.4, -0.2) is 32.3 Å². The quantitative estimate of drug-likeness (QED) is 0.689. The maximum atomic E-state index is 11.7. The Morgan fingerprint density at radius 3 is 2.95 bits per heavy atom. The van der Waals surface area contributed by atoms with Gasteiger partial charge in [-0.3, -0.25) is 4.98 Å². The van der Waals surface area contributed by atoms with Crippen molar-refractivity contribution in [3.8, 4) is 11.4 Å². The second-order valence-corrected chi connectivity index (χ2v) is 4.48. The first-order valence-corrected chi connectivity index (χ1v) is 6.63. The van der Waals surface area contributed by atoms with Gasteiger partial charge in [0.15, 0.2) is 5.82 Å². The summed E-state index contributed by atoms with van der Waals surface area (Å²) in [5.41, 5.74) is 1.75. The number of ether oxygens (including phenoxy) is 1. The Balaban J connectivity index is 2.13. The van der Waals surface area contributed by atoms with Crippen molar-refractivity contribution in [2.24, 2.45) is 7.05 Å². The van der Waals surface area contributed by atoms with Gasteiger partial charge in [-0.2, -0.15) is 0 Å². The van der Waals surface area contributed by atoms with Gasteiger partial charge in [0.25, 0.3) is 5.82 Å². The van der Waals surface area contributed by atoms with Crippen LogP contribution >= 0.6 is 0 Å². The van der Waals surface area contributed by atoms with Crippen LogP contribution in [0.5, 0.6) is 0 Å². The standard InChI is InChI=1S/C15H14N4O2/c1-3-21-15(20)13-17-14(19(2)18-13)11-6-4-8-12-10(11)7-5-9-16-12/h4-9H,3H2,1-2H3. The minimum atomic E-state index is -0.516. The normalized spacial score (nSPS) is 10.8. The molecular weight excluding hydrogens is 268 g/mol. The summed E-state index contributed by atoms with van der Waals surface area (Å²) in [6, 6.07) is 9.61. The summed E-state index contributed by atoms with van der Waals surface area (Å²) in [6.45, 7) is 2.04. The highest BCUT2D eigenvalue weighted by Crippen LogP contribution is 2.25. The Labute approximate surface area is 121 Å². The van der Waals surface area contributed by atoms with Gasteiger partial charge < -0.3 is 4.74 Å². The summed E-state index contributed by atoms with van der Waals surface area (Å²) in [4.78, 5) is 20.3. The van der Waals surface area contributed by atoms with E-state index >= 15 is 0 Å². The smallest absolute Gasteiger partial charge is 0.378 e. The molecule has 0 atom stereocenters. The molecule has 6 heteroatoms. The highest BCUT2D eigenvalue weighted by Gasteiger charge is 2.18. The van der Waals surface area contributed by atoms with Crippen LogP contribution in [0.25, 0.3) is 22.3 Å². The number of esters is 1. The molecule has 0 unspecified atom stereocenters. The largest absolute Gasteiger partial charge is 0.460 e. The number of fused-ring (bicyclic) bond motifs is 1. The zero-order chi connectivity index (χ0) is 14.8. The van der Waals surface area contributed by atoms with Crippen molar-refractivity contribution < 1.29 is 9.53 Å². The first-order valence-electron chi connectivity index (χ1n) is 6.63. The Morgan fingerprint density at radius 1 is 1.29 bits per heavy atom. The van der Waals surface area contributed by atoms with Crippen LogP contribution in [0.1, 0.15) is 17.5 Å². The SMILES string of the molecule is CCOC(=O)c1nc(-c2cccc3ncccc23)n(C)n1. The molecule has 0 amide bonds. The lowest BCUT2D eigenvalue weighted by Gasteiger charge is -2.04. The number of carbonyl (C=O) groups is 1. The van der Waals surface area contributed by atoms with Crippen LogP contribution in [0.4, 0.5) is 0 Å². The third-order valence-electron chi connectivity index (χ3n) is 3.11. The molecule has 0 radical (unpaired) electrons. The van der Waals surface area contributed by atoms with Gasteiger partial charge in [0.2, 0.25) is 0 Å². The van der Waals surface area contributed by atoms with Crippen molar-refractivity contribution in [2.45, 2.75) is 6.92 Å². The Kier molecular flexibility index (Phi) is 3.35. The molecular formula is C15H14N4O2. The number of hydrogen-bond acceptors (Lipinski definition) is 5. The molecule has 106 valence electrons. The molecule has 0 saturated carbocycles. The average Bonchev–Trinajstić information content (AvgIpc) is 2.89. The predicted molar refractivity (Wildman–Crippen MR) is 77.7 cm³/mol. The maximum absolute atomic E-state index is 11.7. The number of hydrogen-bond donors (Lipinski definition) is 0. The monoisotopic (exact) mass is 282 g/mol. The van der Waals surface area contributed by atoms with E-state index in [4.69, 9.17) is 4.74 Å². The zero-order valence-corrected chi connectivity index (χ0v) is 11.8. The molecule has 0 aliphatic rings. The number of nitrogens with zero attached hydrogens (tertiary/aromatic N) is 4. The van der Waals surface area contributed by atoms with Crippen LogP contribution in [-0.2, 0) is 11.8 Å². The van der Waals surface area contributed by atoms with Crippen LogP contribution in [0.2, 0.25) is 0 Å². The second-order valence-electron chi connectivity index (χ2n) is 4.48. The van der Waals surface area contributed by atoms with Crippen molar-refractivity contribution in [1.29, 1.82) is 0 Å². The molecule has 6 nitrogen and oxygen atoms in total. The molecule has 3 aromatic rings. The zero-order valence-electron chi connectivity index (χ0n) is 11.8. The first kappa shape index (κ1) is 13.2. The molecule has 0 aliphatic heterocycles. The number of pyridine rings is 1. The summed E-state index contributed by atoms with van der Waals surface area (Å²) in [6.07, 6.45) is 1.74. The van der Waals surface area contributed by atoms with E-state index in [9.17, 15) is 4.79 Å². The highest BCUT2D eigenvalue weighted by molar-refractivity contribution is 5.93. The fraction of sp³-hybridized carbons (Fsp3) is 0.200. The molecule has 0 aliphatic carbocycles. The van der Waals surface area contributed by atoms with Gasteiger partial charge in [-0.05, 0) is 19.1 Å². The maximum Gasteiger partial charge on any atom is 0.378 e. The summed E-state index contributed by atoms with van der Waals surface area (Å²) >= 11 is 0. The van der Waals surface area contributed by atoms with E-state index < -0.39 is 5.97 Å². The number of benzene rings is 1. The molecule has 0 spiro atoms. The molecule has 0 N–H and O–H groups in total. The van der Waals surface area contributed by atoms with E-state index in [2.05, 4.69) is 15.1 Å². The van der Waals surface area contributed by atoms with Gasteiger partial charge in [-0.15, -0.1) is 5.10 Å². The van der Waals surface area contributed by atoms with E-state index in [0.717, 1.165) is 16.5 Å². The van der Waals surface area contributed by atoms with Gasteiger partial charge in [-0.1, -0.05) is 18.2 Å². The Bertz CT molecular complexity index is 805. The van der Waals surface area contributed by atoms with Crippen LogP contribution < -0.4 is 0 Å². The molecule has 0 bridgehead atoms. The van der Waals surface area contributed by atoms with Crippen LogP contribution in [0.15, 0.2) is 36.5 Å². The minimum Gasteiger partial charge on any atom is -0.460 e. The van der Waals surface area contributed by atoms with Crippen molar-refractivity contribution in [3.63, 3.8) is 0 Å². The molecule has 21 heavy (non-hydrogen) atoms. The van der Waals surface area contributed by atoms with Crippen LogP contribution in [0.3, 0.4) is 0 Å². The van der Waals surface area contributed by atoms with Gasteiger partial charge in [0.05, 0.1) is 12.1 Å². The molecule has 0 saturated heterocycles. The number of aryl methyl sites for hydroxylation is 1. The van der Waals surface area contributed by atoms with Crippen molar-refractivity contribution >= 4 is 16.9 Å². The molecule has 2 heterocycles. The van der Waals surface area contributed by atoms with Gasteiger partial charge in [-0.25, -0.2) is 14.5 Å². The lowest BCUT2D eigenvalue weighted by atomic mass is 10.1. The Morgan fingerprint density at radius 2 is 2.14 bits per heavy atom. The third kappa shape index (κ3) is 2.35. The molecule has 2 aromatic heterocycles. The number of rotatable bonds is 3. The van der Waals surface area contributed by atoms with E-state index in [1.54, 1.807) is 24.9 Å². The third-order valence-corrected chi connectivity index (χ3v) is 3.11. The summed E-state index contributed by atoms with van der Waals surface area (Å²) in [5.74, 6) is 0.157. The summed E-state index contributed by atoms with van der Waals surface area (Å²) < 4.78 is 6.51. The van der Waals surface area contributed by atoms with Crippen molar-refractivity contribution in [3.05, 3.63) is 42.4 Å². The Hall–Kier alpha value is -2.76. The van der Waals surface area contributed by atoms with Gasteiger partial charge >= 0.3 is 5.97 Å². The van der Waals surface area contributed by atoms with Crippen LogP contribution in [0, 0.1) is 0 Å². The number of aromatic nitrogens is 4. The van der Waals surface area contributed by atoms with Gasteiger partial charge in [0, 0.05) is 24.2 Å². The lowest BCUT2D eigenvalue weighted by molar-refractivity contribution is 0.0512. The summed E-state index contributed by atoms with van der Waals surface area (Å²) in [5, 5.41) is 5.09. The van der Waals surface area contributed by atoms with Crippen molar-refractivity contribution in [2.75, 3.05) is 6.61 Å². The summed E-state index contributed by atoms with van der Waals surface area (Å²) in [7, 11) is 1.75.